The van der Waals surface area contributed by atoms with Gasteiger partial charge in [-0.05, 0) is 0 Å². The number of hydrogen-bond acceptors (Lipinski definition) is 0. The van der Waals surface area contributed by atoms with Crippen LogP contribution in [0.15, 0.2) is 0 Å². The van der Waals surface area contributed by atoms with Gasteiger partial charge in [0.05, 0.1) is 0 Å². The Morgan fingerprint density at radius 1 is 1.60 bits per heavy atom. The maximum absolute atomic E-state index is 2.34. The van der Waals surface area contributed by atoms with Crippen LogP contribution >= 0.6 is 0 Å². The second-order valence-electron chi connectivity index (χ2n) is 0.447. The predicted octanol–water partition coefficient (Wildman–Crippen LogP) is -2.11. The molecule has 0 rings (SSSR count). The SMILES string of the molecule is [BH2][Nb][SiH3].[Cu].[Fe]. The van der Waals surface area contributed by atoms with Crippen molar-refractivity contribution in [2.75, 3.05) is 0 Å². The predicted molar refractivity (Wildman–Crippen MR) is 18.5 cm³/mol. The summed E-state index contributed by atoms with van der Waals surface area (Å²) < 4.78 is 0. The van der Waals surface area contributed by atoms with Crippen molar-refractivity contribution in [1.82, 2.24) is 0 Å². The molecule has 0 aromatic carbocycles. The fourth-order valence-corrected chi connectivity index (χ4v) is 0. The molecule has 0 bridgehead atoms. The molecule has 1 radical (unpaired) electrons. The Bertz CT molecular complexity index is 11.6. The Balaban J connectivity index is -0.0000000200. The Morgan fingerprint density at radius 3 is 1.60 bits per heavy atom. The molecule has 0 aliphatic heterocycles. The molecule has 5 heavy (non-hydrogen) atoms. The molecule has 0 fully saturated rings. The van der Waals surface area contributed by atoms with E-state index < -0.39 is 0 Å². The Hall–Kier alpha value is 2.06. The molecule has 0 N–H and O–H groups in total. The zero-order valence-corrected chi connectivity index (χ0v) is 9.35. The van der Waals surface area contributed by atoms with Crippen LogP contribution in [-0.2, 0) is 52.9 Å². The molecule has 36 valence electrons. The fraction of sp³-hybridized carbons (Fsp3) is 0. The Morgan fingerprint density at radius 2 is 1.60 bits per heavy atom. The fourth-order valence-electron chi connectivity index (χ4n) is 0. The van der Waals surface area contributed by atoms with E-state index in [2.05, 4.69) is 5.93 Å². The van der Waals surface area contributed by atoms with Gasteiger partial charge >= 0.3 is 32.7 Å². The normalized spacial score (nSPS) is 3.20. The first-order chi connectivity index (χ1) is 1.41. The third-order valence-electron chi connectivity index (χ3n) is 0. The first-order valence-electron chi connectivity index (χ1n) is 0.894. The van der Waals surface area contributed by atoms with Crippen LogP contribution in [0.4, 0.5) is 0 Å². The average molecular weight is 256 g/mol. The van der Waals surface area contributed by atoms with E-state index in [1.54, 1.807) is 0 Å². The van der Waals surface area contributed by atoms with Crippen LogP contribution in [0, 0.1) is 0 Å². The Labute approximate surface area is 66.2 Å². The zero-order chi connectivity index (χ0) is 2.71. The molecule has 0 saturated heterocycles. The van der Waals surface area contributed by atoms with E-state index >= 15 is 0 Å². The summed E-state index contributed by atoms with van der Waals surface area (Å²) in [6, 6.07) is 0. The summed E-state index contributed by atoms with van der Waals surface area (Å²) in [5.74, 6) is 2.34. The minimum atomic E-state index is 0. The van der Waals surface area contributed by atoms with E-state index in [-0.39, 0.29) is 34.1 Å². The monoisotopic (exact) mass is 256 g/mol. The van der Waals surface area contributed by atoms with E-state index in [1.807, 2.05) is 0 Å². The van der Waals surface area contributed by atoms with Crippen molar-refractivity contribution in [3.05, 3.63) is 0 Å². The summed E-state index contributed by atoms with van der Waals surface area (Å²) in [7, 11) is 1.52. The maximum Gasteiger partial charge on any atom is 0 e. The summed E-state index contributed by atoms with van der Waals surface area (Å²) >= 11 is 0.489. The van der Waals surface area contributed by atoms with E-state index in [4.69, 9.17) is 0 Å². The molecule has 0 aromatic rings. The second kappa shape index (κ2) is 16.6. The van der Waals surface area contributed by atoms with Gasteiger partial charge in [-0.25, -0.2) is 0 Å². The zero-order valence-electron chi connectivity index (χ0n) is 3.10. The van der Waals surface area contributed by atoms with Gasteiger partial charge in [0.1, 0.15) is 0 Å². The van der Waals surface area contributed by atoms with Crippen molar-refractivity contribution in [2.24, 2.45) is 0 Å². The molecule has 0 aromatic heterocycles. The first kappa shape index (κ1) is 15.7. The molecule has 0 unspecified atom stereocenters. The molecule has 0 aliphatic carbocycles. The van der Waals surface area contributed by atoms with Gasteiger partial charge < -0.3 is 0 Å². The van der Waals surface area contributed by atoms with Crippen LogP contribution in [0.5, 0.6) is 0 Å². The van der Waals surface area contributed by atoms with Crippen molar-refractivity contribution < 1.29 is 52.9 Å². The standard InChI is InChI=1S/BH2.Cu.Fe.Nb.H3Si/h1H2;;;;1H3/q+1;;;-1;. The van der Waals surface area contributed by atoms with Gasteiger partial charge in [-0.1, -0.05) is 0 Å². The van der Waals surface area contributed by atoms with Crippen molar-refractivity contribution >= 4 is 13.9 Å². The smallest absolute Gasteiger partial charge is 0 e. The molecule has 0 saturated carbocycles. The first-order valence-corrected chi connectivity index (χ1v) is 10.6. The van der Waals surface area contributed by atoms with E-state index in [0.29, 0.717) is 18.8 Å². The molecule has 0 nitrogen and oxygen atoms in total. The molecular weight excluding hydrogens is 251 g/mol. The quantitative estimate of drug-likeness (QED) is 0.435. The summed E-state index contributed by atoms with van der Waals surface area (Å²) in [6.45, 7) is 0. The summed E-state index contributed by atoms with van der Waals surface area (Å²) in [5.41, 5.74) is 0. The van der Waals surface area contributed by atoms with E-state index in [0.717, 1.165) is 0 Å². The molecule has 0 spiro atoms. The van der Waals surface area contributed by atoms with Crippen LogP contribution in [0.25, 0.3) is 0 Å². The molecule has 5 heteroatoms. The van der Waals surface area contributed by atoms with Gasteiger partial charge in [0.25, 0.3) is 0 Å². The van der Waals surface area contributed by atoms with Gasteiger partial charge in [-0.2, -0.15) is 0 Å². The molecule has 0 amide bonds. The average Bonchev–Trinajstić information content (AvgIpc) is 0.918. The second-order valence-corrected chi connectivity index (χ2v) is 7.94. The van der Waals surface area contributed by atoms with E-state index in [9.17, 15) is 0 Å². The molecule has 0 atom stereocenters. The topological polar surface area (TPSA) is 0 Å². The van der Waals surface area contributed by atoms with Gasteiger partial charge in [0.2, 0.25) is 0 Å². The minimum absolute atomic E-state index is 0. The molecule has 0 heterocycles. The third-order valence-corrected chi connectivity index (χ3v) is 0. The van der Waals surface area contributed by atoms with Crippen LogP contribution < -0.4 is 0 Å². The number of rotatable bonds is 0. The van der Waals surface area contributed by atoms with Crippen LogP contribution in [0.1, 0.15) is 0 Å². The van der Waals surface area contributed by atoms with Crippen molar-refractivity contribution in [2.45, 2.75) is 0 Å². The summed E-state index contributed by atoms with van der Waals surface area (Å²) in [6.07, 6.45) is 0. The largest absolute Gasteiger partial charge is 0 e. The van der Waals surface area contributed by atoms with E-state index in [1.165, 1.54) is 8.00 Å². The van der Waals surface area contributed by atoms with Crippen LogP contribution in [0.2, 0.25) is 0 Å². The van der Waals surface area contributed by atoms with Gasteiger partial charge in [0.15, 0.2) is 0 Å². The van der Waals surface area contributed by atoms with Crippen molar-refractivity contribution in [3.8, 4) is 0 Å². The van der Waals surface area contributed by atoms with Crippen molar-refractivity contribution in [3.63, 3.8) is 0 Å². The Kier molecular flexibility index (Phi) is 52.1. The van der Waals surface area contributed by atoms with Crippen molar-refractivity contribution in [1.29, 1.82) is 0 Å². The van der Waals surface area contributed by atoms with Gasteiger partial charge in [-0.3, -0.25) is 0 Å². The minimum Gasteiger partial charge on any atom is 0 e. The number of hydrogen-bond donors (Lipinski definition) is 0. The maximum atomic E-state index is 2.34. The van der Waals surface area contributed by atoms with Crippen LogP contribution in [-0.4, -0.2) is 13.9 Å². The molecular formula is H5BCuFeNbSi. The van der Waals surface area contributed by atoms with Crippen LogP contribution in [0.3, 0.4) is 0 Å². The molecule has 0 aliphatic rings. The van der Waals surface area contributed by atoms with Gasteiger partial charge in [-0.15, -0.1) is 0 Å². The third kappa shape index (κ3) is 23.5. The summed E-state index contributed by atoms with van der Waals surface area (Å²) in [4.78, 5) is 0. The summed E-state index contributed by atoms with van der Waals surface area (Å²) in [5, 5.41) is 0. The van der Waals surface area contributed by atoms with Gasteiger partial charge in [0, 0.05) is 34.1 Å².